The number of rotatable bonds is 6. The molecular weight excluding hydrogens is 444 g/mol. The van der Waals surface area contributed by atoms with E-state index in [2.05, 4.69) is 0 Å². The van der Waals surface area contributed by atoms with E-state index in [1.165, 1.54) is 24.3 Å². The molecule has 0 heterocycles. The van der Waals surface area contributed by atoms with Crippen molar-refractivity contribution < 1.29 is 17.6 Å². The lowest BCUT2D eigenvalue weighted by Crippen LogP contribution is -2.42. The van der Waals surface area contributed by atoms with Crippen LogP contribution in [0.25, 0.3) is 0 Å². The number of halogens is 4. The Morgan fingerprint density at radius 3 is 0.882 bits per heavy atom. The van der Waals surface area contributed by atoms with Crippen LogP contribution in [-0.2, 0) is 0 Å². The molecule has 2 rings (SSSR count). The molecule has 0 amide bonds. The zero-order valence-corrected chi connectivity index (χ0v) is 21.2. The van der Waals surface area contributed by atoms with Gasteiger partial charge in [-0.15, -0.1) is 0 Å². The number of nitrogens with one attached hydrogen (secondary N) is 2. The van der Waals surface area contributed by atoms with E-state index in [-0.39, 0.29) is 47.0 Å². The molecule has 0 bridgehead atoms. The van der Waals surface area contributed by atoms with Gasteiger partial charge in [0.25, 0.3) is 0 Å². The molecule has 8 heteroatoms. The molecule has 4 nitrogen and oxygen atoms in total. The molecule has 0 radical (unpaired) electrons. The van der Waals surface area contributed by atoms with Crippen LogP contribution in [0.2, 0.25) is 0 Å². The third-order valence-corrected chi connectivity index (χ3v) is 5.01. The number of amidine groups is 2. The molecule has 188 valence electrons. The summed E-state index contributed by atoms with van der Waals surface area (Å²) in [5, 5.41) is 16.1. The quantitative estimate of drug-likeness (QED) is 0.271. The van der Waals surface area contributed by atoms with E-state index < -0.39 is 23.3 Å². The molecule has 0 fully saturated rings. The van der Waals surface area contributed by atoms with Crippen molar-refractivity contribution in [3.63, 3.8) is 0 Å². The van der Waals surface area contributed by atoms with Gasteiger partial charge < -0.3 is 9.80 Å². The normalized spacial score (nSPS) is 11.1. The van der Waals surface area contributed by atoms with Crippen LogP contribution in [0.3, 0.4) is 0 Å². The second-order valence-corrected chi connectivity index (χ2v) is 9.20. The largest absolute Gasteiger partial charge is 0.352 e. The maximum Gasteiger partial charge on any atom is 0.128 e. The van der Waals surface area contributed by atoms with E-state index in [4.69, 9.17) is 10.8 Å². The predicted octanol–water partition coefficient (Wildman–Crippen LogP) is 6.82. The predicted molar refractivity (Wildman–Crippen MR) is 131 cm³/mol. The van der Waals surface area contributed by atoms with Gasteiger partial charge in [0.05, 0.1) is 0 Å². The van der Waals surface area contributed by atoms with Crippen molar-refractivity contribution in [2.24, 2.45) is 0 Å². The first-order valence-corrected chi connectivity index (χ1v) is 11.3. The second kappa shape index (κ2) is 12.5. The van der Waals surface area contributed by atoms with Crippen LogP contribution in [0.1, 0.15) is 66.5 Å². The first-order valence-electron chi connectivity index (χ1n) is 11.3. The fourth-order valence-electron chi connectivity index (χ4n) is 3.90. The van der Waals surface area contributed by atoms with Crippen LogP contribution in [0.5, 0.6) is 0 Å². The van der Waals surface area contributed by atoms with Gasteiger partial charge in [-0.25, -0.2) is 17.6 Å². The molecule has 0 spiro atoms. The van der Waals surface area contributed by atoms with E-state index in [9.17, 15) is 17.6 Å². The Kier molecular flexibility index (Phi) is 10.7. The standard InChI is InChI=1S/2C13H18F2N2/c2*1-8(2)17(9(3)4)13(16)10-5-11(14)7-12(15)6-10/h2*5-9,16H,1-4H3. The third-order valence-electron chi connectivity index (χ3n) is 5.01. The highest BCUT2D eigenvalue weighted by Crippen LogP contribution is 2.16. The highest BCUT2D eigenvalue weighted by molar-refractivity contribution is 5.97. The minimum atomic E-state index is -0.655. The molecule has 0 atom stereocenters. The smallest absolute Gasteiger partial charge is 0.128 e. The third kappa shape index (κ3) is 8.15. The van der Waals surface area contributed by atoms with Gasteiger partial charge in [0.2, 0.25) is 0 Å². The van der Waals surface area contributed by atoms with Crippen molar-refractivity contribution in [3.8, 4) is 0 Å². The number of hydrogen-bond acceptors (Lipinski definition) is 2. The van der Waals surface area contributed by atoms with Crippen LogP contribution >= 0.6 is 0 Å². The summed E-state index contributed by atoms with van der Waals surface area (Å²) in [5.74, 6) is -2.33. The minimum absolute atomic E-state index is 0.105. The molecule has 0 aliphatic rings. The fourth-order valence-corrected chi connectivity index (χ4v) is 3.90. The topological polar surface area (TPSA) is 54.2 Å². The van der Waals surface area contributed by atoms with Gasteiger partial charge in [-0.2, -0.15) is 0 Å². The zero-order valence-electron chi connectivity index (χ0n) is 21.2. The van der Waals surface area contributed by atoms with E-state index in [0.717, 1.165) is 12.1 Å². The Balaban J connectivity index is 0.000000340. The lowest BCUT2D eigenvalue weighted by atomic mass is 10.1. The maximum absolute atomic E-state index is 13.1. The molecular formula is C26H36F4N4. The SMILES string of the molecule is CC(C)N(C(=N)c1cc(F)cc(F)c1)C(C)C.CC(C)N(C(=N)c1cc(F)cc(F)c1)C(C)C. The minimum Gasteiger partial charge on any atom is -0.352 e. The molecule has 2 aromatic rings. The summed E-state index contributed by atoms with van der Waals surface area (Å²) >= 11 is 0. The second-order valence-electron chi connectivity index (χ2n) is 9.20. The van der Waals surface area contributed by atoms with E-state index in [1.54, 1.807) is 0 Å². The van der Waals surface area contributed by atoms with Gasteiger partial charge in [0, 0.05) is 47.4 Å². The van der Waals surface area contributed by atoms with Gasteiger partial charge in [-0.3, -0.25) is 10.8 Å². The Bertz CT molecular complexity index is 851. The fraction of sp³-hybridized carbons (Fsp3) is 0.462. The molecule has 2 N–H and O–H groups in total. The number of nitrogens with zero attached hydrogens (tertiary/aromatic N) is 2. The molecule has 0 aromatic heterocycles. The first-order chi connectivity index (χ1) is 15.6. The van der Waals surface area contributed by atoms with Crippen LogP contribution in [0.15, 0.2) is 36.4 Å². The summed E-state index contributed by atoms with van der Waals surface area (Å²) in [7, 11) is 0. The van der Waals surface area contributed by atoms with E-state index >= 15 is 0 Å². The number of benzene rings is 2. The summed E-state index contributed by atoms with van der Waals surface area (Å²) in [5.41, 5.74) is 0.537. The molecule has 0 saturated heterocycles. The average Bonchev–Trinajstić information content (AvgIpc) is 2.65. The van der Waals surface area contributed by atoms with E-state index in [0.29, 0.717) is 0 Å². The van der Waals surface area contributed by atoms with Gasteiger partial charge >= 0.3 is 0 Å². The molecule has 0 unspecified atom stereocenters. The molecule has 2 aromatic carbocycles. The van der Waals surface area contributed by atoms with Gasteiger partial charge in [0.15, 0.2) is 0 Å². The van der Waals surface area contributed by atoms with Gasteiger partial charge in [-0.1, -0.05) is 0 Å². The van der Waals surface area contributed by atoms with Crippen LogP contribution in [0.4, 0.5) is 17.6 Å². The average molecular weight is 481 g/mol. The zero-order chi connectivity index (χ0) is 26.3. The van der Waals surface area contributed by atoms with Crippen molar-refractivity contribution >= 4 is 11.7 Å². The van der Waals surface area contributed by atoms with Crippen LogP contribution < -0.4 is 0 Å². The summed E-state index contributed by atoms with van der Waals surface area (Å²) in [6.45, 7) is 15.6. The highest BCUT2D eigenvalue weighted by Gasteiger charge is 2.20. The lowest BCUT2D eigenvalue weighted by Gasteiger charge is -2.33. The Morgan fingerprint density at radius 2 is 0.706 bits per heavy atom. The summed E-state index contributed by atoms with van der Waals surface area (Å²) in [4.78, 5) is 3.63. The van der Waals surface area contributed by atoms with Crippen molar-refractivity contribution in [2.75, 3.05) is 0 Å². The van der Waals surface area contributed by atoms with Crippen LogP contribution in [-0.4, -0.2) is 45.6 Å². The monoisotopic (exact) mass is 480 g/mol. The molecule has 0 saturated carbocycles. The summed E-state index contributed by atoms with van der Waals surface area (Å²) < 4.78 is 52.4. The van der Waals surface area contributed by atoms with E-state index in [1.807, 2.05) is 65.2 Å². The maximum atomic E-state index is 13.1. The molecule has 0 aliphatic carbocycles. The molecule has 34 heavy (non-hydrogen) atoms. The number of hydrogen-bond donors (Lipinski definition) is 2. The van der Waals surface area contributed by atoms with Crippen molar-refractivity contribution in [1.82, 2.24) is 9.80 Å². The lowest BCUT2D eigenvalue weighted by molar-refractivity contribution is 0.290. The van der Waals surface area contributed by atoms with Crippen molar-refractivity contribution in [1.29, 1.82) is 10.8 Å². The van der Waals surface area contributed by atoms with Crippen LogP contribution in [0, 0.1) is 34.1 Å². The van der Waals surface area contributed by atoms with Crippen molar-refractivity contribution in [3.05, 3.63) is 70.8 Å². The Labute approximate surface area is 200 Å². The first kappa shape index (κ1) is 29.1. The van der Waals surface area contributed by atoms with Gasteiger partial charge in [0.1, 0.15) is 34.9 Å². The van der Waals surface area contributed by atoms with Gasteiger partial charge in [-0.05, 0) is 79.7 Å². The summed E-state index contributed by atoms with van der Waals surface area (Å²) in [6, 6.07) is 6.78. The molecule has 0 aliphatic heterocycles. The Hall–Kier alpha value is -2.90. The van der Waals surface area contributed by atoms with Crippen molar-refractivity contribution in [2.45, 2.75) is 79.6 Å². The summed E-state index contributed by atoms with van der Waals surface area (Å²) in [6.07, 6.45) is 0. The highest BCUT2D eigenvalue weighted by atomic mass is 19.1. The Morgan fingerprint density at radius 1 is 0.500 bits per heavy atom.